The molecule has 0 unspecified atom stereocenters. The summed E-state index contributed by atoms with van der Waals surface area (Å²) in [6, 6.07) is 9.65. The minimum atomic E-state index is -4.46. The summed E-state index contributed by atoms with van der Waals surface area (Å²) in [5.41, 5.74) is 0.0315. The molecule has 0 amide bonds. The molecular formula is C23H23ClF3N7O. The Morgan fingerprint density at radius 3 is 2.11 bits per heavy atom. The fraction of sp³-hybridized carbons (Fsp3) is 0.391. The Kier molecular flexibility index (Phi) is 6.61. The van der Waals surface area contributed by atoms with Crippen molar-refractivity contribution < 1.29 is 17.9 Å². The summed E-state index contributed by atoms with van der Waals surface area (Å²) in [6.45, 7) is 4.06. The fourth-order valence-corrected chi connectivity index (χ4v) is 4.34. The second-order valence-corrected chi connectivity index (χ2v) is 8.65. The molecule has 8 nitrogen and oxygen atoms in total. The third-order valence-electron chi connectivity index (χ3n) is 5.94. The van der Waals surface area contributed by atoms with Crippen molar-refractivity contribution in [2.45, 2.75) is 6.18 Å². The van der Waals surface area contributed by atoms with Crippen LogP contribution in [0.4, 0.5) is 30.9 Å². The summed E-state index contributed by atoms with van der Waals surface area (Å²) >= 11 is 6.19. The number of halogens is 4. The van der Waals surface area contributed by atoms with Crippen LogP contribution < -0.4 is 14.7 Å². The number of hydrogen-bond acceptors (Lipinski definition) is 8. The largest absolute Gasteiger partial charge is 0.419 e. The lowest BCUT2D eigenvalue weighted by Gasteiger charge is -2.36. The highest BCUT2D eigenvalue weighted by atomic mass is 35.5. The molecule has 0 N–H and O–H groups in total. The van der Waals surface area contributed by atoms with Crippen LogP contribution in [0, 0.1) is 0 Å². The maximum absolute atomic E-state index is 13.5. The van der Waals surface area contributed by atoms with E-state index in [0.717, 1.165) is 11.6 Å². The molecule has 0 bridgehead atoms. The number of benzene rings is 1. The van der Waals surface area contributed by atoms with Gasteiger partial charge in [-0.2, -0.15) is 28.1 Å². The minimum Gasteiger partial charge on any atom is -0.378 e. The van der Waals surface area contributed by atoms with Gasteiger partial charge in [0, 0.05) is 56.1 Å². The molecular weight excluding hydrogens is 483 g/mol. The maximum Gasteiger partial charge on any atom is 0.419 e. The van der Waals surface area contributed by atoms with Gasteiger partial charge < -0.3 is 19.4 Å². The molecule has 2 fully saturated rings. The Morgan fingerprint density at radius 1 is 0.800 bits per heavy atom. The highest BCUT2D eigenvalue weighted by molar-refractivity contribution is 6.30. The number of anilines is 3. The third-order valence-corrected chi connectivity index (χ3v) is 6.18. The quantitative estimate of drug-likeness (QED) is 0.531. The van der Waals surface area contributed by atoms with Crippen molar-refractivity contribution in [2.75, 3.05) is 67.2 Å². The van der Waals surface area contributed by atoms with E-state index in [1.807, 2.05) is 21.9 Å². The van der Waals surface area contributed by atoms with E-state index in [1.165, 1.54) is 12.3 Å². The predicted octanol–water partition coefficient (Wildman–Crippen LogP) is 3.77. The molecule has 12 heteroatoms. The minimum absolute atomic E-state index is 0.0519. The van der Waals surface area contributed by atoms with Crippen LogP contribution in [0.3, 0.4) is 0 Å². The van der Waals surface area contributed by atoms with Crippen LogP contribution in [-0.2, 0) is 10.9 Å². The molecule has 0 spiro atoms. The number of alkyl halides is 3. The van der Waals surface area contributed by atoms with Crippen molar-refractivity contribution in [2.24, 2.45) is 0 Å². The van der Waals surface area contributed by atoms with E-state index >= 15 is 0 Å². The Balaban J connectivity index is 1.42. The first-order chi connectivity index (χ1) is 16.9. The first-order valence-electron chi connectivity index (χ1n) is 11.3. The second-order valence-electron chi connectivity index (χ2n) is 8.22. The summed E-state index contributed by atoms with van der Waals surface area (Å²) in [7, 11) is 0. The van der Waals surface area contributed by atoms with Gasteiger partial charge in [-0.15, -0.1) is 0 Å². The molecule has 184 valence electrons. The highest BCUT2D eigenvalue weighted by Crippen LogP contribution is 2.35. The number of pyridine rings is 1. The van der Waals surface area contributed by atoms with E-state index in [0.29, 0.717) is 75.2 Å². The molecule has 2 aromatic heterocycles. The maximum atomic E-state index is 13.5. The first-order valence-corrected chi connectivity index (χ1v) is 11.6. The van der Waals surface area contributed by atoms with Gasteiger partial charge >= 0.3 is 6.18 Å². The monoisotopic (exact) mass is 505 g/mol. The number of ether oxygens (including phenoxy) is 1. The zero-order valence-electron chi connectivity index (χ0n) is 18.7. The van der Waals surface area contributed by atoms with Gasteiger partial charge in [0.25, 0.3) is 0 Å². The van der Waals surface area contributed by atoms with Crippen LogP contribution in [0.2, 0.25) is 5.02 Å². The lowest BCUT2D eigenvalue weighted by molar-refractivity contribution is -0.137. The number of morpholine rings is 1. The van der Waals surface area contributed by atoms with Gasteiger partial charge in [-0.05, 0) is 24.3 Å². The predicted molar refractivity (Wildman–Crippen MR) is 127 cm³/mol. The average Bonchev–Trinajstić information content (AvgIpc) is 2.88. The number of nitrogens with zero attached hydrogens (tertiary/aromatic N) is 7. The summed E-state index contributed by atoms with van der Waals surface area (Å²) in [5.74, 6) is 1.46. The van der Waals surface area contributed by atoms with Gasteiger partial charge in [-0.1, -0.05) is 23.7 Å². The molecule has 0 radical (unpaired) electrons. The van der Waals surface area contributed by atoms with Crippen molar-refractivity contribution >= 4 is 29.3 Å². The fourth-order valence-electron chi connectivity index (χ4n) is 4.15. The molecule has 4 heterocycles. The van der Waals surface area contributed by atoms with Crippen molar-refractivity contribution in [3.05, 3.63) is 53.2 Å². The summed E-state index contributed by atoms with van der Waals surface area (Å²) in [4.78, 5) is 23.8. The van der Waals surface area contributed by atoms with Gasteiger partial charge in [-0.3, -0.25) is 0 Å². The Hall–Kier alpha value is -3.18. The molecule has 1 aromatic carbocycles. The van der Waals surface area contributed by atoms with Gasteiger partial charge in [0.2, 0.25) is 11.9 Å². The zero-order chi connectivity index (χ0) is 24.4. The van der Waals surface area contributed by atoms with E-state index in [2.05, 4.69) is 9.97 Å². The van der Waals surface area contributed by atoms with Crippen molar-refractivity contribution in [3.63, 3.8) is 0 Å². The molecule has 35 heavy (non-hydrogen) atoms. The Bertz CT molecular complexity index is 1180. The van der Waals surface area contributed by atoms with E-state index in [-0.39, 0.29) is 5.82 Å². The van der Waals surface area contributed by atoms with E-state index < -0.39 is 11.7 Å². The number of hydrogen-bond donors (Lipinski definition) is 0. The Morgan fingerprint density at radius 2 is 1.46 bits per heavy atom. The van der Waals surface area contributed by atoms with Gasteiger partial charge in [0.1, 0.15) is 5.82 Å². The molecule has 2 aliphatic heterocycles. The van der Waals surface area contributed by atoms with E-state index in [4.69, 9.17) is 26.3 Å². The first kappa shape index (κ1) is 23.6. The van der Waals surface area contributed by atoms with Gasteiger partial charge in [0.15, 0.2) is 5.82 Å². The molecule has 5 rings (SSSR count). The topological polar surface area (TPSA) is 70.5 Å². The van der Waals surface area contributed by atoms with Crippen molar-refractivity contribution in [3.8, 4) is 11.4 Å². The molecule has 2 saturated heterocycles. The standard InChI is InChI=1S/C23H23ClF3N7O/c24-17-4-1-3-16(15-17)19-29-21(31-22(30-19)34-11-13-35-14-12-34)33-9-7-32(8-10-33)20-18(23(25,26)27)5-2-6-28-20/h1-6,15H,7-14H2. The summed E-state index contributed by atoms with van der Waals surface area (Å²) in [5, 5.41) is 0.571. The van der Waals surface area contributed by atoms with E-state index in [1.54, 1.807) is 17.0 Å². The lowest BCUT2D eigenvalue weighted by atomic mass is 10.2. The summed E-state index contributed by atoms with van der Waals surface area (Å²) < 4.78 is 45.9. The Labute approximate surface area is 205 Å². The van der Waals surface area contributed by atoms with E-state index in [9.17, 15) is 13.2 Å². The molecule has 0 atom stereocenters. The summed E-state index contributed by atoms with van der Waals surface area (Å²) in [6.07, 6.45) is -3.08. The van der Waals surface area contributed by atoms with Gasteiger partial charge in [0.05, 0.1) is 18.8 Å². The average molecular weight is 506 g/mol. The highest BCUT2D eigenvalue weighted by Gasteiger charge is 2.36. The van der Waals surface area contributed by atoms with Crippen LogP contribution in [0.5, 0.6) is 0 Å². The number of piperazine rings is 1. The number of rotatable bonds is 4. The van der Waals surface area contributed by atoms with Crippen molar-refractivity contribution in [1.82, 2.24) is 19.9 Å². The second kappa shape index (κ2) is 9.82. The van der Waals surface area contributed by atoms with Crippen LogP contribution in [0.1, 0.15) is 5.56 Å². The van der Waals surface area contributed by atoms with Crippen LogP contribution >= 0.6 is 11.6 Å². The smallest absolute Gasteiger partial charge is 0.378 e. The lowest BCUT2D eigenvalue weighted by Crippen LogP contribution is -2.48. The normalized spacial score (nSPS) is 17.1. The SMILES string of the molecule is FC(F)(F)c1cccnc1N1CCN(c2nc(-c3cccc(Cl)c3)nc(N3CCOCC3)n2)CC1. The molecule has 0 aliphatic carbocycles. The van der Waals surface area contributed by atoms with Crippen LogP contribution in [0.25, 0.3) is 11.4 Å². The van der Waals surface area contributed by atoms with Crippen LogP contribution in [0.15, 0.2) is 42.6 Å². The van der Waals surface area contributed by atoms with Gasteiger partial charge in [-0.25, -0.2) is 4.98 Å². The van der Waals surface area contributed by atoms with Crippen LogP contribution in [-0.4, -0.2) is 72.4 Å². The molecule has 0 saturated carbocycles. The zero-order valence-corrected chi connectivity index (χ0v) is 19.5. The number of aromatic nitrogens is 4. The molecule has 2 aliphatic rings. The molecule has 3 aromatic rings. The van der Waals surface area contributed by atoms with Crippen molar-refractivity contribution in [1.29, 1.82) is 0 Å². The third kappa shape index (κ3) is 5.25.